The van der Waals surface area contributed by atoms with Crippen LogP contribution in [0.25, 0.3) is 0 Å². The van der Waals surface area contributed by atoms with Crippen molar-refractivity contribution in [2.24, 2.45) is 0 Å². The number of imide groups is 1. The minimum atomic E-state index is -0.907. The van der Waals surface area contributed by atoms with Gasteiger partial charge in [-0.2, -0.15) is 0 Å². The Morgan fingerprint density at radius 3 is 2.50 bits per heavy atom. The SMILES string of the molecule is O=C1CCC(=O)N1CC1(O)CCNC1. The number of aliphatic hydroxyl groups is 1. The van der Waals surface area contributed by atoms with Gasteiger partial charge in [0.15, 0.2) is 0 Å². The molecule has 0 saturated carbocycles. The number of nitrogens with one attached hydrogen (secondary N) is 1. The highest BCUT2D eigenvalue weighted by molar-refractivity contribution is 6.02. The maximum Gasteiger partial charge on any atom is 0.229 e. The molecule has 14 heavy (non-hydrogen) atoms. The van der Waals surface area contributed by atoms with Gasteiger partial charge in [0.1, 0.15) is 0 Å². The molecule has 0 spiro atoms. The van der Waals surface area contributed by atoms with Gasteiger partial charge in [-0.3, -0.25) is 14.5 Å². The third-order valence-corrected chi connectivity index (χ3v) is 2.83. The number of carbonyl (C=O) groups excluding carboxylic acids is 2. The van der Waals surface area contributed by atoms with Gasteiger partial charge >= 0.3 is 0 Å². The van der Waals surface area contributed by atoms with Gasteiger partial charge in [0, 0.05) is 19.4 Å². The summed E-state index contributed by atoms with van der Waals surface area (Å²) in [5.74, 6) is -0.314. The zero-order valence-electron chi connectivity index (χ0n) is 7.95. The van der Waals surface area contributed by atoms with Gasteiger partial charge < -0.3 is 10.4 Å². The number of carbonyl (C=O) groups is 2. The normalized spacial score (nSPS) is 33.1. The van der Waals surface area contributed by atoms with Crippen LogP contribution in [0.5, 0.6) is 0 Å². The molecule has 0 aromatic heterocycles. The van der Waals surface area contributed by atoms with E-state index in [1.54, 1.807) is 0 Å². The Kier molecular flexibility index (Phi) is 2.28. The molecule has 78 valence electrons. The van der Waals surface area contributed by atoms with Gasteiger partial charge in [-0.15, -0.1) is 0 Å². The molecule has 2 N–H and O–H groups in total. The standard InChI is InChI=1S/C9H14N2O3/c12-7-1-2-8(13)11(7)6-9(14)3-4-10-5-9/h10,14H,1-6H2. The molecule has 0 radical (unpaired) electrons. The maximum absolute atomic E-state index is 11.3. The predicted molar refractivity (Wildman–Crippen MR) is 48.4 cm³/mol. The summed E-state index contributed by atoms with van der Waals surface area (Å²) in [4.78, 5) is 23.8. The minimum Gasteiger partial charge on any atom is -0.387 e. The highest BCUT2D eigenvalue weighted by atomic mass is 16.3. The van der Waals surface area contributed by atoms with Gasteiger partial charge in [0.05, 0.1) is 12.1 Å². The predicted octanol–water partition coefficient (Wildman–Crippen LogP) is -1.14. The Morgan fingerprint density at radius 1 is 1.36 bits per heavy atom. The first-order valence-electron chi connectivity index (χ1n) is 4.87. The van der Waals surface area contributed by atoms with E-state index in [1.807, 2.05) is 0 Å². The van der Waals surface area contributed by atoms with Crippen molar-refractivity contribution in [1.82, 2.24) is 10.2 Å². The van der Waals surface area contributed by atoms with Gasteiger partial charge in [0.2, 0.25) is 11.8 Å². The number of hydrogen-bond acceptors (Lipinski definition) is 4. The van der Waals surface area contributed by atoms with E-state index in [0.29, 0.717) is 25.8 Å². The fraction of sp³-hybridized carbons (Fsp3) is 0.778. The molecule has 2 aliphatic heterocycles. The van der Waals surface area contributed by atoms with Crippen LogP contribution in [0.2, 0.25) is 0 Å². The molecule has 2 rings (SSSR count). The highest BCUT2D eigenvalue weighted by Crippen LogP contribution is 2.20. The van der Waals surface area contributed by atoms with E-state index >= 15 is 0 Å². The van der Waals surface area contributed by atoms with Crippen LogP contribution >= 0.6 is 0 Å². The van der Waals surface area contributed by atoms with Crippen LogP contribution in [-0.4, -0.2) is 47.1 Å². The zero-order chi connectivity index (χ0) is 10.2. The molecule has 2 saturated heterocycles. The van der Waals surface area contributed by atoms with Gasteiger partial charge in [0.25, 0.3) is 0 Å². The number of nitrogens with zero attached hydrogens (tertiary/aromatic N) is 1. The second-order valence-electron chi connectivity index (χ2n) is 4.02. The summed E-state index contributed by atoms with van der Waals surface area (Å²) in [6.45, 7) is 1.36. The Balaban J connectivity index is 2.02. The van der Waals surface area contributed by atoms with E-state index < -0.39 is 5.60 Å². The molecule has 1 atom stereocenters. The second-order valence-corrected chi connectivity index (χ2v) is 4.02. The van der Waals surface area contributed by atoms with Crippen molar-refractivity contribution in [3.8, 4) is 0 Å². The van der Waals surface area contributed by atoms with E-state index in [2.05, 4.69) is 5.32 Å². The molecule has 2 fully saturated rings. The van der Waals surface area contributed by atoms with E-state index in [9.17, 15) is 14.7 Å². The van der Waals surface area contributed by atoms with Crippen LogP contribution < -0.4 is 5.32 Å². The summed E-state index contributed by atoms with van der Waals surface area (Å²) >= 11 is 0. The lowest BCUT2D eigenvalue weighted by molar-refractivity contribution is -0.142. The Bertz CT molecular complexity index is 255. The summed E-state index contributed by atoms with van der Waals surface area (Å²) in [7, 11) is 0. The molecule has 5 nitrogen and oxygen atoms in total. The van der Waals surface area contributed by atoms with Crippen LogP contribution in [0.4, 0.5) is 0 Å². The number of likely N-dealkylation sites (tertiary alicyclic amines) is 1. The molecule has 1 unspecified atom stereocenters. The Morgan fingerprint density at radius 2 is 2.00 bits per heavy atom. The van der Waals surface area contributed by atoms with Gasteiger partial charge in [-0.25, -0.2) is 0 Å². The number of β-amino-alcohol motifs (C(OH)–C–C–N with tert-alkyl or cyclic N) is 1. The summed E-state index contributed by atoms with van der Waals surface area (Å²) in [5.41, 5.74) is -0.907. The lowest BCUT2D eigenvalue weighted by Gasteiger charge is -2.26. The molecule has 0 aromatic carbocycles. The first-order valence-corrected chi connectivity index (χ1v) is 4.87. The van der Waals surface area contributed by atoms with Crippen molar-refractivity contribution in [3.63, 3.8) is 0 Å². The van der Waals surface area contributed by atoms with Gasteiger partial charge in [-0.1, -0.05) is 0 Å². The van der Waals surface area contributed by atoms with Crippen molar-refractivity contribution in [1.29, 1.82) is 0 Å². The van der Waals surface area contributed by atoms with Crippen molar-refractivity contribution in [3.05, 3.63) is 0 Å². The Labute approximate surface area is 82.1 Å². The third kappa shape index (κ3) is 1.65. The van der Waals surface area contributed by atoms with Crippen LogP contribution in [0.15, 0.2) is 0 Å². The van der Waals surface area contributed by atoms with Crippen molar-refractivity contribution in [2.75, 3.05) is 19.6 Å². The lowest BCUT2D eigenvalue weighted by Crippen LogP contribution is -2.46. The molecule has 0 aromatic rings. The van der Waals surface area contributed by atoms with E-state index in [1.165, 1.54) is 4.90 Å². The van der Waals surface area contributed by atoms with Crippen molar-refractivity contribution >= 4 is 11.8 Å². The molecule has 0 bridgehead atoms. The van der Waals surface area contributed by atoms with Crippen molar-refractivity contribution in [2.45, 2.75) is 24.9 Å². The molecule has 5 heteroatoms. The monoisotopic (exact) mass is 198 g/mol. The van der Waals surface area contributed by atoms with Gasteiger partial charge in [-0.05, 0) is 13.0 Å². The molecule has 2 heterocycles. The maximum atomic E-state index is 11.3. The average Bonchev–Trinajstić information content (AvgIpc) is 2.68. The van der Waals surface area contributed by atoms with Crippen molar-refractivity contribution < 1.29 is 14.7 Å². The number of rotatable bonds is 2. The minimum absolute atomic E-state index is 0.150. The lowest BCUT2D eigenvalue weighted by atomic mass is 10.0. The second kappa shape index (κ2) is 3.33. The zero-order valence-corrected chi connectivity index (χ0v) is 7.95. The topological polar surface area (TPSA) is 69.6 Å². The van der Waals surface area contributed by atoms with E-state index in [4.69, 9.17) is 0 Å². The van der Waals surface area contributed by atoms with Crippen LogP contribution in [-0.2, 0) is 9.59 Å². The fourth-order valence-corrected chi connectivity index (χ4v) is 1.96. The Hall–Kier alpha value is -0.940. The quantitative estimate of drug-likeness (QED) is 0.550. The van der Waals surface area contributed by atoms with Crippen LogP contribution in [0, 0.1) is 0 Å². The fourth-order valence-electron chi connectivity index (χ4n) is 1.96. The first-order chi connectivity index (χ1) is 6.61. The largest absolute Gasteiger partial charge is 0.387 e. The summed E-state index contributed by atoms with van der Waals surface area (Å²) in [6.07, 6.45) is 1.19. The average molecular weight is 198 g/mol. The number of amides is 2. The first kappa shape index (κ1) is 9.61. The molecular weight excluding hydrogens is 184 g/mol. The summed E-state index contributed by atoms with van der Waals surface area (Å²) in [6, 6.07) is 0. The van der Waals surface area contributed by atoms with E-state index in [0.717, 1.165) is 6.54 Å². The molecule has 2 amide bonds. The third-order valence-electron chi connectivity index (χ3n) is 2.83. The van der Waals surface area contributed by atoms with Crippen LogP contribution in [0.1, 0.15) is 19.3 Å². The molecule has 2 aliphatic rings. The van der Waals surface area contributed by atoms with Crippen LogP contribution in [0.3, 0.4) is 0 Å². The van der Waals surface area contributed by atoms with E-state index in [-0.39, 0.29) is 18.4 Å². The molecular formula is C9H14N2O3. The highest BCUT2D eigenvalue weighted by Gasteiger charge is 2.39. The smallest absolute Gasteiger partial charge is 0.229 e. The summed E-state index contributed by atoms with van der Waals surface area (Å²) < 4.78 is 0. The number of hydrogen-bond donors (Lipinski definition) is 2. The summed E-state index contributed by atoms with van der Waals surface area (Å²) in [5, 5.41) is 13.0. The molecule has 0 aliphatic carbocycles.